The van der Waals surface area contributed by atoms with Crippen LogP contribution in [-0.4, -0.2) is 87.0 Å². The number of anilines is 3. The average Bonchev–Trinajstić information content (AvgIpc) is 3.77. The van der Waals surface area contributed by atoms with Crippen LogP contribution in [0.5, 0.6) is 11.5 Å². The number of allylic oxidation sites excluding steroid dienone is 2. The molecule has 4 amide bonds. The number of nitrogen functional groups attached to an aromatic ring is 1. The zero-order chi connectivity index (χ0) is 44.1. The van der Waals surface area contributed by atoms with Gasteiger partial charge in [-0.2, -0.15) is 5.10 Å². The molecule has 3 heterocycles. The summed E-state index contributed by atoms with van der Waals surface area (Å²) in [5, 5.41) is 10.5. The second kappa shape index (κ2) is 20.9. The van der Waals surface area contributed by atoms with Crippen molar-refractivity contribution < 1.29 is 33.4 Å². The number of aromatic nitrogens is 4. The van der Waals surface area contributed by atoms with E-state index in [-0.39, 0.29) is 42.0 Å². The van der Waals surface area contributed by atoms with E-state index in [4.69, 9.17) is 31.4 Å². The number of rotatable bonds is 16. The van der Waals surface area contributed by atoms with Gasteiger partial charge in [0.2, 0.25) is 17.8 Å². The molecule has 324 valence electrons. The van der Waals surface area contributed by atoms with Crippen molar-refractivity contribution in [2.75, 3.05) is 49.7 Å². The molecule has 2 aromatic heterocycles. The van der Waals surface area contributed by atoms with Crippen LogP contribution < -0.4 is 37.3 Å². The maximum absolute atomic E-state index is 13.4. The van der Waals surface area contributed by atoms with Gasteiger partial charge in [-0.3, -0.25) is 24.4 Å². The van der Waals surface area contributed by atoms with Crippen molar-refractivity contribution in [2.24, 2.45) is 17.4 Å². The first kappa shape index (κ1) is 46.2. The van der Waals surface area contributed by atoms with Crippen LogP contribution in [0.15, 0.2) is 54.6 Å². The van der Waals surface area contributed by atoms with Crippen LogP contribution in [0.25, 0.3) is 11.0 Å². The fraction of sp³-hybridized carbons (Fsp3) is 0.442. The van der Waals surface area contributed by atoms with Gasteiger partial charge in [0.15, 0.2) is 0 Å². The number of fused-ring (bicyclic) bond motifs is 1. The quantitative estimate of drug-likeness (QED) is 0.0623. The largest absolute Gasteiger partial charge is 0.494 e. The number of ether oxygens (including phenoxy) is 3. The predicted molar refractivity (Wildman–Crippen MR) is 234 cm³/mol. The highest BCUT2D eigenvalue weighted by Gasteiger charge is 2.26. The number of hydrogen-bond donors (Lipinski definition) is 5. The maximum atomic E-state index is 13.4. The molecule has 60 heavy (non-hydrogen) atoms. The smallest absolute Gasteiger partial charge is 0.410 e. The number of amides is 4. The van der Waals surface area contributed by atoms with Crippen molar-refractivity contribution in [3.63, 3.8) is 0 Å². The van der Waals surface area contributed by atoms with Crippen molar-refractivity contribution >= 4 is 52.2 Å². The van der Waals surface area contributed by atoms with E-state index in [0.29, 0.717) is 71.7 Å². The summed E-state index contributed by atoms with van der Waals surface area (Å²) in [7, 11) is 1.47. The lowest BCUT2D eigenvalue weighted by molar-refractivity contribution is 0.0184. The van der Waals surface area contributed by atoms with Crippen LogP contribution in [0.3, 0.4) is 0 Å². The summed E-state index contributed by atoms with van der Waals surface area (Å²) in [5.41, 5.74) is 20.2. The molecule has 8 N–H and O–H groups in total. The summed E-state index contributed by atoms with van der Waals surface area (Å²) < 4.78 is 20.6. The molecular formula is C43H60N10O7. The molecule has 0 radical (unpaired) electrons. The molecule has 0 unspecified atom stereocenters. The number of imidazole rings is 1. The first-order chi connectivity index (χ1) is 28.6. The molecule has 4 aromatic rings. The Morgan fingerprint density at radius 3 is 2.23 bits per heavy atom. The average molecular weight is 829 g/mol. The highest BCUT2D eigenvalue weighted by Crippen LogP contribution is 2.34. The third-order valence-corrected chi connectivity index (χ3v) is 9.48. The molecule has 2 aromatic carbocycles. The molecule has 0 saturated carbocycles. The molecule has 1 fully saturated rings. The van der Waals surface area contributed by atoms with Gasteiger partial charge in [0.25, 0.3) is 5.91 Å². The molecule has 17 nitrogen and oxygen atoms in total. The lowest BCUT2D eigenvalue weighted by Crippen LogP contribution is -2.41. The molecule has 1 saturated heterocycles. The number of hydrogen-bond acceptors (Lipinski definition) is 11. The zero-order valence-electron chi connectivity index (χ0n) is 36.0. The Hall–Kier alpha value is -6.52. The first-order valence-electron chi connectivity index (χ1n) is 20.2. The van der Waals surface area contributed by atoms with Gasteiger partial charge in [-0.1, -0.05) is 38.2 Å². The number of aryl methyl sites for hydroxylation is 2. The van der Waals surface area contributed by atoms with E-state index in [2.05, 4.69) is 26.8 Å². The Morgan fingerprint density at radius 1 is 0.933 bits per heavy atom. The van der Waals surface area contributed by atoms with E-state index < -0.39 is 23.3 Å². The van der Waals surface area contributed by atoms with Gasteiger partial charge in [0, 0.05) is 43.9 Å². The Bertz CT molecular complexity index is 2210. The number of nitrogens with one attached hydrogen (secondary N) is 2. The fourth-order valence-electron chi connectivity index (χ4n) is 6.61. The first-order valence-corrected chi connectivity index (χ1v) is 20.2. The van der Waals surface area contributed by atoms with Gasteiger partial charge in [0.05, 0.1) is 24.0 Å². The number of primary amides is 2. The third kappa shape index (κ3) is 12.0. The summed E-state index contributed by atoms with van der Waals surface area (Å²) >= 11 is 0. The Kier molecular flexibility index (Phi) is 16.1. The van der Waals surface area contributed by atoms with Crippen LogP contribution in [-0.2, 0) is 17.8 Å². The standard InChI is InChI=1S/C41H54N10O7.C2H6/c1-7-51-31(20-25(2)48-51)38(54)47-39-46-30-22-28(37(44)53)24-33(56-6)35(30)50(39)16-10-9-15-45-34-29(42)21-27(36(43)52)23-32(34)57-19-11-8-12-26-13-17-49(18-14-26)40(55)58-41(3,4)5;1-2/h8-11,20-24,26,45H,7,12-19,42H2,1-6H3,(H2,43,52)(H2,44,53)(H,46,47,54);1-2H3/b10-9+,11-8+;. The van der Waals surface area contributed by atoms with Gasteiger partial charge < -0.3 is 46.2 Å². The second-order valence-corrected chi connectivity index (χ2v) is 15.0. The third-order valence-electron chi connectivity index (χ3n) is 9.48. The number of nitrogens with zero attached hydrogens (tertiary/aromatic N) is 5. The Morgan fingerprint density at radius 2 is 1.60 bits per heavy atom. The van der Waals surface area contributed by atoms with Gasteiger partial charge in [-0.05, 0) is 90.1 Å². The molecule has 0 bridgehead atoms. The van der Waals surface area contributed by atoms with Crippen LogP contribution >= 0.6 is 0 Å². The molecule has 1 aliphatic rings. The topological polar surface area (TPSA) is 237 Å². The number of likely N-dealkylation sites (tertiary alicyclic amines) is 1. The Balaban J connectivity index is 0.00000391. The van der Waals surface area contributed by atoms with Crippen molar-refractivity contribution in [3.8, 4) is 11.5 Å². The number of methoxy groups -OCH3 is 1. The molecule has 17 heteroatoms. The summed E-state index contributed by atoms with van der Waals surface area (Å²) in [6.45, 7) is 15.9. The highest BCUT2D eigenvalue weighted by molar-refractivity contribution is 6.04. The summed E-state index contributed by atoms with van der Waals surface area (Å²) in [4.78, 5) is 56.4. The van der Waals surface area contributed by atoms with Crippen molar-refractivity contribution in [2.45, 2.75) is 86.4 Å². The van der Waals surface area contributed by atoms with Crippen LogP contribution in [0.4, 0.5) is 22.1 Å². The van der Waals surface area contributed by atoms with E-state index in [9.17, 15) is 19.2 Å². The van der Waals surface area contributed by atoms with E-state index in [1.165, 1.54) is 19.2 Å². The summed E-state index contributed by atoms with van der Waals surface area (Å²) in [6, 6.07) is 7.81. The van der Waals surface area contributed by atoms with E-state index in [1.54, 1.807) is 32.3 Å². The van der Waals surface area contributed by atoms with Gasteiger partial charge in [-0.15, -0.1) is 0 Å². The van der Waals surface area contributed by atoms with Gasteiger partial charge >= 0.3 is 6.09 Å². The molecule has 0 atom stereocenters. The van der Waals surface area contributed by atoms with E-state index in [1.807, 2.05) is 66.7 Å². The number of carbonyl (C=O) groups is 4. The van der Waals surface area contributed by atoms with E-state index in [0.717, 1.165) is 19.3 Å². The lowest BCUT2D eigenvalue weighted by atomic mass is 9.93. The van der Waals surface area contributed by atoms with Crippen LogP contribution in [0.1, 0.15) is 97.7 Å². The lowest BCUT2D eigenvalue weighted by Gasteiger charge is -2.33. The number of nitrogens with two attached hydrogens (primary N) is 3. The van der Waals surface area contributed by atoms with Crippen molar-refractivity contribution in [3.05, 3.63) is 77.2 Å². The SMILES string of the molecule is CC.CCn1nc(C)cc1C(=O)Nc1nc2cc(C(N)=O)cc(OC)c2n1C/C=C/CNc1c(N)cc(C(N)=O)cc1OC/C=C/CC1CCN(C(=O)OC(C)(C)C)CC1. The number of benzene rings is 2. The molecule has 0 spiro atoms. The van der Waals surface area contributed by atoms with Crippen LogP contribution in [0.2, 0.25) is 0 Å². The molecule has 5 rings (SSSR count). The number of piperidine rings is 1. The van der Waals surface area contributed by atoms with Crippen LogP contribution in [0, 0.1) is 12.8 Å². The summed E-state index contributed by atoms with van der Waals surface area (Å²) in [5.74, 6) is -0.327. The minimum absolute atomic E-state index is 0.206. The summed E-state index contributed by atoms with van der Waals surface area (Å²) in [6.07, 6.45) is 10.0. The highest BCUT2D eigenvalue weighted by atomic mass is 16.6. The van der Waals surface area contributed by atoms with Crippen molar-refractivity contribution in [1.29, 1.82) is 0 Å². The predicted octanol–water partition coefficient (Wildman–Crippen LogP) is 6.27. The van der Waals surface area contributed by atoms with Gasteiger partial charge in [0.1, 0.15) is 40.6 Å². The van der Waals surface area contributed by atoms with Crippen molar-refractivity contribution in [1.82, 2.24) is 24.2 Å². The zero-order valence-corrected chi connectivity index (χ0v) is 36.0. The Labute approximate surface area is 351 Å². The monoisotopic (exact) mass is 828 g/mol. The minimum atomic E-state index is -0.648. The number of carbonyl (C=O) groups excluding carboxylic acids is 4. The molecular weight excluding hydrogens is 769 g/mol. The van der Waals surface area contributed by atoms with Gasteiger partial charge in [-0.25, -0.2) is 9.78 Å². The maximum Gasteiger partial charge on any atom is 0.410 e. The molecule has 1 aliphatic heterocycles. The second-order valence-electron chi connectivity index (χ2n) is 15.0. The minimum Gasteiger partial charge on any atom is -0.494 e. The van der Waals surface area contributed by atoms with E-state index >= 15 is 0 Å². The normalized spacial score (nSPS) is 13.3. The molecule has 0 aliphatic carbocycles. The fourth-order valence-corrected chi connectivity index (χ4v) is 6.61.